The number of quaternary nitrogens is 2. The lowest BCUT2D eigenvalue weighted by atomic mass is 10.0. The van der Waals surface area contributed by atoms with E-state index in [0.29, 0.717) is 12.2 Å². The maximum absolute atomic E-state index is 9.41. The average Bonchev–Trinajstić information content (AvgIpc) is 3.00. The van der Waals surface area contributed by atoms with Crippen LogP contribution >= 0.6 is 0 Å². The van der Waals surface area contributed by atoms with Gasteiger partial charge < -0.3 is 28.8 Å². The molecule has 0 unspecified atom stereocenters. The zero-order valence-corrected chi connectivity index (χ0v) is 33.9. The average molecular weight is 683 g/mol. The van der Waals surface area contributed by atoms with Crippen molar-refractivity contribution in [3.05, 3.63) is 12.2 Å². The van der Waals surface area contributed by atoms with Gasteiger partial charge in [-0.15, -0.1) is 0 Å². The molecule has 0 saturated carbocycles. The SMILES string of the molecule is CCCCCCCCCCCCCCCC[N+](C)(C)C.CCCCCCCCCCCCCCCC[N+](C)(C)C.O=C([O-])/C=C\C(=O)[O-]. The van der Waals surface area contributed by atoms with Gasteiger partial charge >= 0.3 is 0 Å². The molecule has 0 heterocycles. The molecule has 0 fully saturated rings. The molecule has 0 aliphatic heterocycles. The molecule has 0 aromatic heterocycles. The fourth-order valence-corrected chi connectivity index (χ4v) is 5.70. The Morgan fingerprint density at radius 2 is 0.521 bits per heavy atom. The van der Waals surface area contributed by atoms with Gasteiger partial charge in [-0.25, -0.2) is 0 Å². The maximum Gasteiger partial charge on any atom is 0.0780 e. The molecule has 0 saturated heterocycles. The molecule has 48 heavy (non-hydrogen) atoms. The molecule has 6 heteroatoms. The molecule has 0 aliphatic carbocycles. The van der Waals surface area contributed by atoms with Crippen LogP contribution in [0, 0.1) is 0 Å². The number of rotatable bonds is 32. The summed E-state index contributed by atoms with van der Waals surface area (Å²) in [5.41, 5.74) is 0. The zero-order chi connectivity index (χ0) is 36.8. The lowest BCUT2D eigenvalue weighted by molar-refractivity contribution is -0.870. The smallest absolute Gasteiger partial charge is 0.0780 e. The minimum atomic E-state index is -1.55. The lowest BCUT2D eigenvalue weighted by Gasteiger charge is -2.23. The van der Waals surface area contributed by atoms with Gasteiger partial charge in [-0.3, -0.25) is 0 Å². The summed E-state index contributed by atoms with van der Waals surface area (Å²) in [7, 11) is 13.8. The van der Waals surface area contributed by atoms with Gasteiger partial charge in [-0.2, -0.15) is 0 Å². The number of carboxylic acid groups (broad SMARTS) is 2. The zero-order valence-electron chi connectivity index (χ0n) is 33.9. The molecule has 0 aromatic rings. The van der Waals surface area contributed by atoms with E-state index in [1.807, 2.05) is 0 Å². The summed E-state index contributed by atoms with van der Waals surface area (Å²) in [5.74, 6) is -3.09. The van der Waals surface area contributed by atoms with Crippen LogP contribution in [0.15, 0.2) is 12.2 Å². The summed E-state index contributed by atoms with van der Waals surface area (Å²) in [6.07, 6.45) is 41.5. The highest BCUT2D eigenvalue weighted by Gasteiger charge is 2.06. The van der Waals surface area contributed by atoms with Crippen molar-refractivity contribution in [3.8, 4) is 0 Å². The molecule has 288 valence electrons. The van der Waals surface area contributed by atoms with Crippen molar-refractivity contribution >= 4 is 11.9 Å². The van der Waals surface area contributed by atoms with Crippen LogP contribution in [-0.2, 0) is 9.59 Å². The summed E-state index contributed by atoms with van der Waals surface area (Å²) >= 11 is 0. The largest absolute Gasteiger partial charge is 0.545 e. The number of unbranched alkanes of at least 4 members (excludes halogenated alkanes) is 26. The van der Waals surface area contributed by atoms with E-state index in [2.05, 4.69) is 56.1 Å². The van der Waals surface area contributed by atoms with Crippen LogP contribution < -0.4 is 10.2 Å². The molecule has 0 amide bonds. The second-order valence-corrected chi connectivity index (χ2v) is 16.2. The molecule has 0 radical (unpaired) electrons. The molecule has 0 aliphatic rings. The van der Waals surface area contributed by atoms with Gasteiger partial charge in [0.1, 0.15) is 0 Å². The van der Waals surface area contributed by atoms with E-state index in [9.17, 15) is 19.8 Å². The first-order valence-corrected chi connectivity index (χ1v) is 20.5. The van der Waals surface area contributed by atoms with Gasteiger partial charge in [0.2, 0.25) is 0 Å². The monoisotopic (exact) mass is 683 g/mol. The van der Waals surface area contributed by atoms with Crippen molar-refractivity contribution in [2.75, 3.05) is 55.4 Å². The Morgan fingerprint density at radius 1 is 0.354 bits per heavy atom. The number of carbonyl (C=O) groups excluding carboxylic acids is 2. The summed E-state index contributed by atoms with van der Waals surface area (Å²) in [6, 6.07) is 0. The van der Waals surface area contributed by atoms with E-state index in [1.165, 1.54) is 193 Å². The third kappa shape index (κ3) is 60.0. The van der Waals surface area contributed by atoms with Gasteiger partial charge in [0.05, 0.1) is 67.3 Å². The molecule has 0 rings (SSSR count). The summed E-state index contributed by atoms with van der Waals surface area (Å²) in [5, 5.41) is 18.8. The number of nitrogens with zero attached hydrogens (tertiary/aromatic N) is 2. The Balaban J connectivity index is -0.000000689. The molecule has 0 N–H and O–H groups in total. The number of hydrogen-bond donors (Lipinski definition) is 0. The first kappa shape index (κ1) is 51.0. The summed E-state index contributed by atoms with van der Waals surface area (Å²) in [4.78, 5) is 18.8. The molecular weight excluding hydrogens is 596 g/mol. The predicted octanol–water partition coefficient (Wildman–Crippen LogP) is 9.39. The highest BCUT2D eigenvalue weighted by atomic mass is 16.4. The van der Waals surface area contributed by atoms with Gasteiger partial charge in [0.25, 0.3) is 0 Å². The van der Waals surface area contributed by atoms with E-state index in [4.69, 9.17) is 0 Å². The Kier molecular flexibility index (Phi) is 40.8. The van der Waals surface area contributed by atoms with Crippen LogP contribution in [-0.4, -0.2) is 76.3 Å². The van der Waals surface area contributed by atoms with Gasteiger partial charge in [0.15, 0.2) is 0 Å². The normalized spacial score (nSPS) is 11.6. The van der Waals surface area contributed by atoms with Crippen LogP contribution in [0.5, 0.6) is 0 Å². The number of carbonyl (C=O) groups is 2. The second-order valence-electron chi connectivity index (χ2n) is 16.2. The van der Waals surface area contributed by atoms with E-state index >= 15 is 0 Å². The second kappa shape index (κ2) is 38.4. The van der Waals surface area contributed by atoms with Crippen LogP contribution in [0.4, 0.5) is 0 Å². The van der Waals surface area contributed by atoms with E-state index in [0.717, 1.165) is 8.97 Å². The van der Waals surface area contributed by atoms with E-state index in [-0.39, 0.29) is 0 Å². The van der Waals surface area contributed by atoms with Crippen molar-refractivity contribution in [1.29, 1.82) is 0 Å². The molecular formula is C42H86N2O4. The summed E-state index contributed by atoms with van der Waals surface area (Å²) in [6.45, 7) is 7.25. The lowest BCUT2D eigenvalue weighted by Crippen LogP contribution is -2.35. The maximum atomic E-state index is 9.41. The molecule has 0 atom stereocenters. The number of hydrogen-bond acceptors (Lipinski definition) is 4. The first-order valence-electron chi connectivity index (χ1n) is 20.5. The Labute approximate surface area is 301 Å². The molecule has 6 nitrogen and oxygen atoms in total. The third-order valence-electron chi connectivity index (χ3n) is 8.72. The van der Waals surface area contributed by atoms with E-state index in [1.54, 1.807) is 0 Å². The van der Waals surface area contributed by atoms with Crippen molar-refractivity contribution < 1.29 is 28.8 Å². The highest BCUT2D eigenvalue weighted by molar-refractivity contribution is 5.87. The van der Waals surface area contributed by atoms with Crippen LogP contribution in [0.3, 0.4) is 0 Å². The quantitative estimate of drug-likeness (QED) is 0.0402. The van der Waals surface area contributed by atoms with Crippen LogP contribution in [0.2, 0.25) is 0 Å². The minimum absolute atomic E-state index is 0.384. The number of aliphatic carboxylic acids is 2. The highest BCUT2D eigenvalue weighted by Crippen LogP contribution is 2.14. The van der Waals surface area contributed by atoms with Gasteiger partial charge in [-0.1, -0.05) is 168 Å². The molecule has 0 aromatic carbocycles. The first-order chi connectivity index (χ1) is 22.7. The number of carboxylic acids is 2. The Morgan fingerprint density at radius 3 is 0.667 bits per heavy atom. The minimum Gasteiger partial charge on any atom is -0.545 e. The van der Waals surface area contributed by atoms with Crippen LogP contribution in [0.25, 0.3) is 0 Å². The van der Waals surface area contributed by atoms with Crippen molar-refractivity contribution in [2.45, 2.75) is 194 Å². The topological polar surface area (TPSA) is 80.3 Å². The fourth-order valence-electron chi connectivity index (χ4n) is 5.70. The summed E-state index contributed by atoms with van der Waals surface area (Å²) < 4.78 is 2.25. The molecule has 0 spiro atoms. The molecule has 0 bridgehead atoms. The van der Waals surface area contributed by atoms with E-state index < -0.39 is 11.9 Å². The van der Waals surface area contributed by atoms with Crippen molar-refractivity contribution in [3.63, 3.8) is 0 Å². The Hall–Kier alpha value is -1.40. The van der Waals surface area contributed by atoms with Gasteiger partial charge in [0, 0.05) is 0 Å². The Bertz CT molecular complexity index is 637. The fraction of sp³-hybridized carbons (Fsp3) is 0.905. The standard InChI is InChI=1S/2C19H42N.C4H4O4/c2*1-5-6-7-8-9-10-11-12-13-14-15-16-17-18-19-20(2,3)4;5-3(6)1-2-4(7)8/h2*5-19H2,1-4H3;1-2H,(H,5,6)(H,7,8)/q2*+1;/p-2/b;;2-1-. The predicted molar refractivity (Wildman–Crippen MR) is 206 cm³/mol. The third-order valence-corrected chi connectivity index (χ3v) is 8.72. The van der Waals surface area contributed by atoms with Crippen molar-refractivity contribution in [1.82, 2.24) is 0 Å². The van der Waals surface area contributed by atoms with Crippen molar-refractivity contribution in [2.24, 2.45) is 0 Å². The van der Waals surface area contributed by atoms with Gasteiger partial charge in [-0.05, 0) is 37.8 Å². The van der Waals surface area contributed by atoms with Crippen LogP contribution in [0.1, 0.15) is 194 Å².